The number of hydrogen-bond donors (Lipinski definition) is 2. The van der Waals surface area contributed by atoms with E-state index in [-0.39, 0.29) is 6.04 Å². The second kappa shape index (κ2) is 6.92. The first-order valence-electron chi connectivity index (χ1n) is 8.28. The first-order valence-corrected chi connectivity index (χ1v) is 8.28. The van der Waals surface area contributed by atoms with Gasteiger partial charge in [-0.3, -0.25) is 0 Å². The predicted molar refractivity (Wildman–Crippen MR) is 89.2 cm³/mol. The van der Waals surface area contributed by atoms with E-state index in [9.17, 15) is 5.11 Å². The van der Waals surface area contributed by atoms with Gasteiger partial charge in [-0.1, -0.05) is 12.1 Å². The van der Waals surface area contributed by atoms with Crippen LogP contribution < -0.4 is 14.8 Å². The van der Waals surface area contributed by atoms with Gasteiger partial charge in [-0.2, -0.15) is 0 Å². The van der Waals surface area contributed by atoms with Crippen LogP contribution in [0.1, 0.15) is 36.6 Å². The van der Waals surface area contributed by atoms with Gasteiger partial charge in [0.15, 0.2) is 11.5 Å². The molecule has 3 rings (SSSR count). The van der Waals surface area contributed by atoms with Gasteiger partial charge >= 0.3 is 0 Å². The molecule has 1 aliphatic rings. The molecule has 0 fully saturated rings. The van der Waals surface area contributed by atoms with E-state index in [0.717, 1.165) is 30.0 Å². The van der Waals surface area contributed by atoms with Crippen LogP contribution in [0.25, 0.3) is 0 Å². The van der Waals surface area contributed by atoms with E-state index in [4.69, 9.17) is 9.47 Å². The molecule has 1 atom stereocenters. The zero-order valence-electron chi connectivity index (χ0n) is 13.7. The highest BCUT2D eigenvalue weighted by molar-refractivity contribution is 5.51. The molecule has 0 amide bonds. The Bertz CT molecular complexity index is 684. The summed E-state index contributed by atoms with van der Waals surface area (Å²) in [7, 11) is 0. The number of para-hydroxylation sites is 1. The SMILES string of the molecule is CCOc1cc2c(cc1OCC)[C@H](c1ccccc1O)[NH2+]CC2. The molecule has 0 spiro atoms. The van der Waals surface area contributed by atoms with E-state index in [0.29, 0.717) is 19.0 Å². The summed E-state index contributed by atoms with van der Waals surface area (Å²) in [5, 5.41) is 12.5. The van der Waals surface area contributed by atoms with Gasteiger partial charge in [-0.15, -0.1) is 0 Å². The van der Waals surface area contributed by atoms with Gasteiger partial charge in [0.25, 0.3) is 0 Å². The third-order valence-corrected chi connectivity index (χ3v) is 4.23. The molecule has 122 valence electrons. The van der Waals surface area contributed by atoms with Crippen molar-refractivity contribution in [2.45, 2.75) is 26.3 Å². The van der Waals surface area contributed by atoms with Crippen LogP contribution >= 0.6 is 0 Å². The minimum Gasteiger partial charge on any atom is -0.507 e. The molecule has 3 N–H and O–H groups in total. The van der Waals surface area contributed by atoms with Crippen LogP contribution in [0, 0.1) is 0 Å². The van der Waals surface area contributed by atoms with Crippen molar-refractivity contribution in [1.29, 1.82) is 0 Å². The van der Waals surface area contributed by atoms with Gasteiger partial charge < -0.3 is 19.9 Å². The second-order valence-corrected chi connectivity index (χ2v) is 5.67. The number of phenols is 1. The van der Waals surface area contributed by atoms with Crippen LogP contribution in [0.2, 0.25) is 0 Å². The molecular formula is C19H24NO3+. The highest BCUT2D eigenvalue weighted by Gasteiger charge is 2.28. The van der Waals surface area contributed by atoms with E-state index < -0.39 is 0 Å². The summed E-state index contributed by atoms with van der Waals surface area (Å²) < 4.78 is 11.5. The molecule has 0 saturated heterocycles. The van der Waals surface area contributed by atoms with Crippen LogP contribution in [0.3, 0.4) is 0 Å². The Hall–Kier alpha value is -2.20. The fraction of sp³-hybridized carbons (Fsp3) is 0.368. The summed E-state index contributed by atoms with van der Waals surface area (Å²) in [6.07, 6.45) is 0.992. The van der Waals surface area contributed by atoms with Gasteiger partial charge in [-0.05, 0) is 43.7 Å². The summed E-state index contributed by atoms with van der Waals surface area (Å²) in [6.45, 7) is 6.17. The number of hydrogen-bond acceptors (Lipinski definition) is 3. The molecule has 0 bridgehead atoms. The summed E-state index contributed by atoms with van der Waals surface area (Å²) in [5.41, 5.74) is 3.41. The van der Waals surface area contributed by atoms with Gasteiger partial charge in [0.1, 0.15) is 11.8 Å². The molecule has 23 heavy (non-hydrogen) atoms. The predicted octanol–water partition coefficient (Wildman–Crippen LogP) is 2.40. The van der Waals surface area contributed by atoms with Crippen molar-refractivity contribution in [2.75, 3.05) is 19.8 Å². The number of ether oxygens (including phenoxy) is 2. The lowest BCUT2D eigenvalue weighted by atomic mass is 9.89. The molecule has 4 nitrogen and oxygen atoms in total. The van der Waals surface area contributed by atoms with Crippen molar-refractivity contribution in [2.24, 2.45) is 0 Å². The number of nitrogens with two attached hydrogens (primary N) is 1. The molecule has 0 aromatic heterocycles. The minimum atomic E-state index is 0.0924. The maximum atomic E-state index is 10.2. The highest BCUT2D eigenvalue weighted by atomic mass is 16.5. The van der Waals surface area contributed by atoms with Gasteiger partial charge in [0, 0.05) is 12.0 Å². The number of benzene rings is 2. The van der Waals surface area contributed by atoms with Crippen LogP contribution in [0.4, 0.5) is 0 Å². The number of quaternary nitrogens is 1. The van der Waals surface area contributed by atoms with Crippen molar-refractivity contribution in [3.05, 3.63) is 53.1 Å². The van der Waals surface area contributed by atoms with Gasteiger partial charge in [0.2, 0.25) is 0 Å². The average Bonchev–Trinajstić information content (AvgIpc) is 2.56. The largest absolute Gasteiger partial charge is 0.507 e. The minimum absolute atomic E-state index is 0.0924. The van der Waals surface area contributed by atoms with E-state index in [2.05, 4.69) is 17.4 Å². The van der Waals surface area contributed by atoms with Crippen LogP contribution in [0.15, 0.2) is 36.4 Å². The number of phenolic OH excluding ortho intramolecular Hbond substituents is 1. The monoisotopic (exact) mass is 314 g/mol. The smallest absolute Gasteiger partial charge is 0.161 e. The van der Waals surface area contributed by atoms with Gasteiger partial charge in [0.05, 0.1) is 25.3 Å². The molecule has 1 heterocycles. The van der Waals surface area contributed by atoms with Crippen LogP contribution in [-0.4, -0.2) is 24.9 Å². The molecular weight excluding hydrogens is 290 g/mol. The van der Waals surface area contributed by atoms with Gasteiger partial charge in [-0.25, -0.2) is 0 Å². The van der Waals surface area contributed by atoms with Crippen molar-refractivity contribution in [3.63, 3.8) is 0 Å². The highest BCUT2D eigenvalue weighted by Crippen LogP contribution is 2.37. The normalized spacial score (nSPS) is 16.7. The topological polar surface area (TPSA) is 55.3 Å². The molecule has 0 unspecified atom stereocenters. The fourth-order valence-electron chi connectivity index (χ4n) is 3.24. The lowest BCUT2D eigenvalue weighted by molar-refractivity contribution is -0.690. The fourth-order valence-corrected chi connectivity index (χ4v) is 3.24. The van der Waals surface area contributed by atoms with Crippen molar-refractivity contribution in [3.8, 4) is 17.2 Å². The lowest BCUT2D eigenvalue weighted by Crippen LogP contribution is -2.87. The number of aromatic hydroxyl groups is 1. The third-order valence-electron chi connectivity index (χ3n) is 4.23. The first-order chi connectivity index (χ1) is 11.2. The standard InChI is InChI=1S/C19H23NO3/c1-3-22-17-11-13-9-10-20-19(14-7-5-6-8-16(14)21)15(13)12-18(17)23-4-2/h5-8,11-12,19-21H,3-4,9-10H2,1-2H3/p+1/t19-/m0/s1. The van der Waals surface area contributed by atoms with E-state index in [1.165, 1.54) is 11.1 Å². The Kier molecular flexibility index (Phi) is 4.72. The zero-order chi connectivity index (χ0) is 16.2. The summed E-state index contributed by atoms with van der Waals surface area (Å²) >= 11 is 0. The van der Waals surface area contributed by atoms with Crippen LogP contribution in [-0.2, 0) is 6.42 Å². The molecule has 0 aliphatic carbocycles. The number of fused-ring (bicyclic) bond motifs is 1. The zero-order valence-corrected chi connectivity index (χ0v) is 13.7. The second-order valence-electron chi connectivity index (χ2n) is 5.67. The summed E-state index contributed by atoms with van der Waals surface area (Å²) in [4.78, 5) is 0. The molecule has 2 aromatic carbocycles. The van der Waals surface area contributed by atoms with Crippen molar-refractivity contribution in [1.82, 2.24) is 0 Å². The summed E-state index contributed by atoms with van der Waals surface area (Å²) in [5.74, 6) is 1.93. The van der Waals surface area contributed by atoms with Crippen molar-refractivity contribution < 1.29 is 19.9 Å². The Labute approximate surface area is 137 Å². The lowest BCUT2D eigenvalue weighted by Gasteiger charge is -2.26. The van der Waals surface area contributed by atoms with E-state index >= 15 is 0 Å². The van der Waals surface area contributed by atoms with Crippen molar-refractivity contribution >= 4 is 0 Å². The Morgan fingerprint density at radius 2 is 1.74 bits per heavy atom. The Morgan fingerprint density at radius 3 is 2.43 bits per heavy atom. The quantitative estimate of drug-likeness (QED) is 0.891. The summed E-state index contributed by atoms with van der Waals surface area (Å²) in [6, 6.07) is 11.8. The maximum Gasteiger partial charge on any atom is 0.161 e. The molecule has 0 saturated carbocycles. The Morgan fingerprint density at radius 1 is 1.04 bits per heavy atom. The maximum absolute atomic E-state index is 10.2. The van der Waals surface area contributed by atoms with E-state index in [1.807, 2.05) is 32.0 Å². The Balaban J connectivity index is 2.07. The van der Waals surface area contributed by atoms with Crippen LogP contribution in [0.5, 0.6) is 17.2 Å². The first kappa shape index (κ1) is 15.7. The number of rotatable bonds is 5. The van der Waals surface area contributed by atoms with E-state index in [1.54, 1.807) is 6.07 Å². The third kappa shape index (κ3) is 3.13. The molecule has 1 aliphatic heterocycles. The molecule has 2 aromatic rings. The molecule has 4 heteroatoms. The molecule has 0 radical (unpaired) electrons. The average molecular weight is 314 g/mol.